The fourth-order valence-corrected chi connectivity index (χ4v) is 5.45. The molecule has 0 aromatic heterocycles. The average molecular weight is 399 g/mol. The molecule has 2 aliphatic rings. The van der Waals surface area contributed by atoms with Crippen LogP contribution in [0.15, 0.2) is 48.5 Å². The maximum absolute atomic E-state index is 12.8. The number of sulfonamides is 1. The van der Waals surface area contributed by atoms with Crippen molar-refractivity contribution < 1.29 is 13.2 Å². The summed E-state index contributed by atoms with van der Waals surface area (Å²) in [5.74, 6) is 0.136. The van der Waals surface area contributed by atoms with Crippen LogP contribution in [0.4, 0.5) is 0 Å². The first-order chi connectivity index (χ1) is 13.4. The van der Waals surface area contributed by atoms with Crippen LogP contribution in [0.25, 0.3) is 11.1 Å². The first-order valence-corrected chi connectivity index (χ1v) is 11.7. The number of carbonyl (C=O) groups is 1. The lowest BCUT2D eigenvalue weighted by molar-refractivity contribution is -0.132. The maximum atomic E-state index is 12.8. The van der Waals surface area contributed by atoms with Gasteiger partial charge in [0.2, 0.25) is 15.9 Å². The van der Waals surface area contributed by atoms with Crippen LogP contribution in [0.5, 0.6) is 0 Å². The SMILES string of the molecule is CS(=O)(=O)NC1CCN2C(=O)CCCc3c(cccc3-c3ccccc3)CC12. The molecule has 2 unspecified atom stereocenters. The van der Waals surface area contributed by atoms with Crippen LogP contribution in [-0.2, 0) is 27.7 Å². The lowest BCUT2D eigenvalue weighted by atomic mass is 9.89. The highest BCUT2D eigenvalue weighted by Crippen LogP contribution is 2.32. The minimum atomic E-state index is -3.32. The van der Waals surface area contributed by atoms with Gasteiger partial charge in [-0.15, -0.1) is 0 Å². The Balaban J connectivity index is 1.74. The van der Waals surface area contributed by atoms with E-state index in [-0.39, 0.29) is 18.0 Å². The van der Waals surface area contributed by atoms with Crippen molar-refractivity contribution in [3.8, 4) is 11.1 Å². The third kappa shape index (κ3) is 3.98. The van der Waals surface area contributed by atoms with Gasteiger partial charge in [0, 0.05) is 19.0 Å². The number of nitrogens with zero attached hydrogens (tertiary/aromatic N) is 1. The Morgan fingerprint density at radius 2 is 1.82 bits per heavy atom. The standard InChI is InChI=1S/C22H26N2O3S/c1-28(26,27)23-20-13-14-24-21(20)15-17-9-5-10-18(16-7-3-2-4-8-16)19(17)11-6-12-22(24)25/h2-5,7-10,20-21,23H,6,11-15H2,1H3. The van der Waals surface area contributed by atoms with Crippen molar-refractivity contribution in [2.24, 2.45) is 0 Å². The van der Waals surface area contributed by atoms with E-state index in [1.54, 1.807) is 0 Å². The molecule has 5 nitrogen and oxygen atoms in total. The minimum absolute atomic E-state index is 0.134. The van der Waals surface area contributed by atoms with Gasteiger partial charge in [0.25, 0.3) is 0 Å². The molecule has 2 heterocycles. The normalized spacial score (nSPS) is 22.8. The second kappa shape index (κ2) is 7.68. The van der Waals surface area contributed by atoms with Crippen LogP contribution in [-0.4, -0.2) is 44.1 Å². The molecule has 0 aliphatic carbocycles. The lowest BCUT2D eigenvalue weighted by Gasteiger charge is -2.28. The molecule has 0 saturated carbocycles. The summed E-state index contributed by atoms with van der Waals surface area (Å²) in [5.41, 5.74) is 4.89. The second-order valence-corrected chi connectivity index (χ2v) is 9.59. The molecule has 1 N–H and O–H groups in total. The third-order valence-corrected chi connectivity index (χ3v) is 6.57. The Morgan fingerprint density at radius 1 is 1.04 bits per heavy atom. The molecule has 0 spiro atoms. The molecule has 2 aliphatic heterocycles. The van der Waals surface area contributed by atoms with Crippen molar-refractivity contribution in [2.45, 2.75) is 44.2 Å². The predicted molar refractivity (Wildman–Crippen MR) is 110 cm³/mol. The molecular weight excluding hydrogens is 372 g/mol. The van der Waals surface area contributed by atoms with E-state index in [1.807, 2.05) is 23.1 Å². The highest BCUT2D eigenvalue weighted by molar-refractivity contribution is 7.88. The lowest BCUT2D eigenvalue weighted by Crippen LogP contribution is -2.47. The van der Waals surface area contributed by atoms with Crippen LogP contribution in [0, 0.1) is 0 Å². The van der Waals surface area contributed by atoms with Gasteiger partial charge in [-0.1, -0.05) is 48.5 Å². The van der Waals surface area contributed by atoms with Crippen molar-refractivity contribution >= 4 is 15.9 Å². The second-order valence-electron chi connectivity index (χ2n) is 7.81. The summed E-state index contributed by atoms with van der Waals surface area (Å²) in [6.45, 7) is 0.615. The summed E-state index contributed by atoms with van der Waals surface area (Å²) >= 11 is 0. The average Bonchev–Trinajstić information content (AvgIpc) is 3.05. The molecule has 2 atom stereocenters. The van der Waals surface area contributed by atoms with E-state index in [0.717, 1.165) is 12.8 Å². The molecule has 0 bridgehead atoms. The minimum Gasteiger partial charge on any atom is -0.338 e. The van der Waals surface area contributed by atoms with Crippen molar-refractivity contribution in [1.29, 1.82) is 0 Å². The number of hydrogen-bond donors (Lipinski definition) is 1. The molecule has 6 heteroatoms. The molecule has 2 aromatic carbocycles. The predicted octanol–water partition coefficient (Wildman–Crippen LogP) is 2.75. The molecule has 28 heavy (non-hydrogen) atoms. The molecule has 1 amide bonds. The number of nitrogens with one attached hydrogen (secondary N) is 1. The summed E-state index contributed by atoms with van der Waals surface area (Å²) < 4.78 is 26.4. The van der Waals surface area contributed by atoms with Crippen LogP contribution >= 0.6 is 0 Å². The number of amides is 1. The zero-order valence-corrected chi connectivity index (χ0v) is 16.9. The smallest absolute Gasteiger partial charge is 0.222 e. The van der Waals surface area contributed by atoms with Gasteiger partial charge >= 0.3 is 0 Å². The Kier molecular flexibility index (Phi) is 5.25. The number of hydrogen-bond acceptors (Lipinski definition) is 3. The molecule has 1 fully saturated rings. The van der Waals surface area contributed by atoms with E-state index in [0.29, 0.717) is 25.8 Å². The first-order valence-electron chi connectivity index (χ1n) is 9.85. The van der Waals surface area contributed by atoms with Crippen molar-refractivity contribution in [2.75, 3.05) is 12.8 Å². The Labute approximate surface area is 166 Å². The molecule has 0 radical (unpaired) electrons. The highest BCUT2D eigenvalue weighted by atomic mass is 32.2. The molecule has 1 saturated heterocycles. The van der Waals surface area contributed by atoms with Gasteiger partial charge in [0.1, 0.15) is 0 Å². The van der Waals surface area contributed by atoms with Crippen LogP contribution in [0.1, 0.15) is 30.4 Å². The summed E-state index contributed by atoms with van der Waals surface area (Å²) in [7, 11) is -3.32. The highest BCUT2D eigenvalue weighted by Gasteiger charge is 2.39. The van der Waals surface area contributed by atoms with Crippen molar-refractivity contribution in [3.05, 3.63) is 59.7 Å². The number of benzene rings is 2. The van der Waals surface area contributed by atoms with Gasteiger partial charge < -0.3 is 4.90 Å². The topological polar surface area (TPSA) is 66.5 Å². The van der Waals surface area contributed by atoms with Crippen LogP contribution in [0.2, 0.25) is 0 Å². The van der Waals surface area contributed by atoms with Gasteiger partial charge in [-0.3, -0.25) is 4.79 Å². The van der Waals surface area contributed by atoms with Crippen LogP contribution in [0.3, 0.4) is 0 Å². The van der Waals surface area contributed by atoms with Crippen LogP contribution < -0.4 is 4.72 Å². The summed E-state index contributed by atoms with van der Waals surface area (Å²) in [4.78, 5) is 14.7. The van der Waals surface area contributed by atoms with Gasteiger partial charge in [-0.05, 0) is 47.9 Å². The number of fused-ring (bicyclic) bond motifs is 2. The van der Waals surface area contributed by atoms with E-state index in [1.165, 1.54) is 28.5 Å². The quantitative estimate of drug-likeness (QED) is 0.865. The van der Waals surface area contributed by atoms with Gasteiger partial charge in [-0.2, -0.15) is 0 Å². The summed E-state index contributed by atoms with van der Waals surface area (Å²) in [6, 6.07) is 16.3. The summed E-state index contributed by atoms with van der Waals surface area (Å²) in [6.07, 6.45) is 4.70. The zero-order chi connectivity index (χ0) is 19.7. The van der Waals surface area contributed by atoms with Gasteiger partial charge in [-0.25, -0.2) is 13.1 Å². The molecule has 4 rings (SSSR count). The van der Waals surface area contributed by atoms with E-state index in [9.17, 15) is 13.2 Å². The van der Waals surface area contributed by atoms with Crippen molar-refractivity contribution in [1.82, 2.24) is 9.62 Å². The Morgan fingerprint density at radius 3 is 2.57 bits per heavy atom. The Hall–Kier alpha value is -2.18. The fraction of sp³-hybridized carbons (Fsp3) is 0.409. The summed E-state index contributed by atoms with van der Waals surface area (Å²) in [5, 5.41) is 0. The number of rotatable bonds is 3. The van der Waals surface area contributed by atoms with E-state index in [4.69, 9.17) is 0 Å². The first kappa shape index (κ1) is 19.2. The molecule has 148 valence electrons. The van der Waals surface area contributed by atoms with E-state index in [2.05, 4.69) is 35.1 Å². The third-order valence-electron chi connectivity index (χ3n) is 5.84. The molecular formula is C22H26N2O3S. The maximum Gasteiger partial charge on any atom is 0.222 e. The number of carbonyl (C=O) groups excluding carboxylic acids is 1. The monoisotopic (exact) mass is 398 g/mol. The van der Waals surface area contributed by atoms with Gasteiger partial charge in [0.05, 0.1) is 12.3 Å². The van der Waals surface area contributed by atoms with E-state index < -0.39 is 10.0 Å². The molecule has 2 aromatic rings. The van der Waals surface area contributed by atoms with Gasteiger partial charge in [0.15, 0.2) is 0 Å². The fourth-order valence-electron chi connectivity index (χ4n) is 4.62. The van der Waals surface area contributed by atoms with Crippen molar-refractivity contribution in [3.63, 3.8) is 0 Å². The Bertz CT molecular complexity index is 973. The zero-order valence-electron chi connectivity index (χ0n) is 16.1. The largest absolute Gasteiger partial charge is 0.338 e. The van der Waals surface area contributed by atoms with E-state index >= 15 is 0 Å².